The summed E-state index contributed by atoms with van der Waals surface area (Å²) in [6.07, 6.45) is 5.78. The lowest BCUT2D eigenvalue weighted by atomic mass is 10.5. The van der Waals surface area contributed by atoms with Crippen molar-refractivity contribution in [1.29, 1.82) is 0 Å². The number of hydrogen-bond acceptors (Lipinski definition) is 5. The Balaban J connectivity index is 2.16. The van der Waals surface area contributed by atoms with Gasteiger partial charge < -0.3 is 10.5 Å². The summed E-state index contributed by atoms with van der Waals surface area (Å²) in [5, 5.41) is 4.44. The molecule has 0 saturated heterocycles. The van der Waals surface area contributed by atoms with Crippen molar-refractivity contribution in [3.05, 3.63) is 23.6 Å². The smallest absolute Gasteiger partial charge is 0.243 e. The van der Waals surface area contributed by atoms with Crippen molar-refractivity contribution in [2.45, 2.75) is 19.9 Å². The molecule has 0 radical (unpaired) electrons. The lowest BCUT2D eigenvalue weighted by Gasteiger charge is -2.03. The van der Waals surface area contributed by atoms with E-state index in [0.717, 1.165) is 13.0 Å². The van der Waals surface area contributed by atoms with E-state index in [1.54, 1.807) is 17.1 Å². The highest BCUT2D eigenvalue weighted by molar-refractivity contribution is 6.31. The Morgan fingerprint density at radius 3 is 3.06 bits per heavy atom. The monoisotopic (exact) mass is 253 g/mol. The number of hydrogen-bond donors (Lipinski definition) is 1. The normalized spacial score (nSPS) is 10.5. The zero-order chi connectivity index (χ0) is 12.3. The number of nitrogens with two attached hydrogens (primary N) is 1. The van der Waals surface area contributed by atoms with E-state index in [2.05, 4.69) is 22.0 Å². The highest BCUT2D eigenvalue weighted by Crippen LogP contribution is 2.26. The minimum absolute atomic E-state index is 0.116. The lowest BCUT2D eigenvalue weighted by molar-refractivity contribution is 0.461. The molecule has 90 valence electrons. The van der Waals surface area contributed by atoms with Crippen LogP contribution in [0.5, 0.6) is 11.6 Å². The first kappa shape index (κ1) is 11.7. The maximum Gasteiger partial charge on any atom is 0.243 e. The van der Waals surface area contributed by atoms with Gasteiger partial charge in [0, 0.05) is 6.54 Å². The fourth-order valence-electron chi connectivity index (χ4n) is 1.30. The first-order chi connectivity index (χ1) is 8.19. The van der Waals surface area contributed by atoms with Crippen LogP contribution in [0.2, 0.25) is 5.02 Å². The van der Waals surface area contributed by atoms with Crippen molar-refractivity contribution < 1.29 is 4.74 Å². The van der Waals surface area contributed by atoms with E-state index in [-0.39, 0.29) is 11.8 Å². The maximum absolute atomic E-state index is 5.88. The van der Waals surface area contributed by atoms with Gasteiger partial charge in [-0.25, -0.2) is 4.98 Å². The van der Waals surface area contributed by atoms with Crippen LogP contribution in [0, 0.1) is 0 Å². The second-order valence-corrected chi connectivity index (χ2v) is 3.83. The van der Waals surface area contributed by atoms with Gasteiger partial charge in [-0.2, -0.15) is 10.1 Å². The van der Waals surface area contributed by atoms with Crippen molar-refractivity contribution in [3.63, 3.8) is 0 Å². The van der Waals surface area contributed by atoms with E-state index < -0.39 is 0 Å². The van der Waals surface area contributed by atoms with E-state index >= 15 is 0 Å². The zero-order valence-electron chi connectivity index (χ0n) is 9.30. The van der Waals surface area contributed by atoms with Gasteiger partial charge >= 0.3 is 0 Å². The molecule has 0 aliphatic carbocycles. The molecular weight excluding hydrogens is 242 g/mol. The minimum Gasteiger partial charge on any atom is -0.434 e. The fraction of sp³-hybridized carbons (Fsp3) is 0.300. The third-order valence-corrected chi connectivity index (χ3v) is 2.27. The Kier molecular flexibility index (Phi) is 3.43. The van der Waals surface area contributed by atoms with Gasteiger partial charge in [0.15, 0.2) is 5.75 Å². The SMILES string of the molecule is CCCn1cc(Oc2nc(N)ncc2Cl)cn1. The van der Waals surface area contributed by atoms with Gasteiger partial charge in [0.2, 0.25) is 11.8 Å². The number of halogens is 1. The summed E-state index contributed by atoms with van der Waals surface area (Å²) in [5.74, 6) is 0.916. The van der Waals surface area contributed by atoms with Gasteiger partial charge in [0.25, 0.3) is 0 Å². The third-order valence-electron chi connectivity index (χ3n) is 2.01. The van der Waals surface area contributed by atoms with Crippen LogP contribution in [0.1, 0.15) is 13.3 Å². The fourth-order valence-corrected chi connectivity index (χ4v) is 1.43. The molecule has 0 aromatic carbocycles. The molecule has 17 heavy (non-hydrogen) atoms. The molecule has 2 N–H and O–H groups in total. The zero-order valence-corrected chi connectivity index (χ0v) is 10.1. The van der Waals surface area contributed by atoms with E-state index in [4.69, 9.17) is 22.1 Å². The molecule has 6 nitrogen and oxygen atoms in total. The quantitative estimate of drug-likeness (QED) is 0.903. The molecule has 0 aliphatic rings. The molecule has 0 fully saturated rings. The van der Waals surface area contributed by atoms with Crippen LogP contribution in [0.3, 0.4) is 0 Å². The number of rotatable bonds is 4. The van der Waals surface area contributed by atoms with Gasteiger partial charge in [-0.1, -0.05) is 18.5 Å². The summed E-state index contributed by atoms with van der Waals surface area (Å²) in [5.41, 5.74) is 5.45. The minimum atomic E-state index is 0.116. The third kappa shape index (κ3) is 2.85. The molecule has 2 rings (SSSR count). The summed E-state index contributed by atoms with van der Waals surface area (Å²) in [4.78, 5) is 7.65. The predicted octanol–water partition coefficient (Wildman–Crippen LogP) is 2.11. The van der Waals surface area contributed by atoms with Crippen molar-refractivity contribution in [2.75, 3.05) is 5.73 Å². The van der Waals surface area contributed by atoms with Crippen molar-refractivity contribution in [2.24, 2.45) is 0 Å². The van der Waals surface area contributed by atoms with Crippen LogP contribution >= 0.6 is 11.6 Å². The first-order valence-electron chi connectivity index (χ1n) is 5.17. The molecule has 7 heteroatoms. The summed E-state index contributed by atoms with van der Waals surface area (Å²) in [7, 11) is 0. The Morgan fingerprint density at radius 2 is 2.29 bits per heavy atom. The molecule has 0 unspecified atom stereocenters. The van der Waals surface area contributed by atoms with E-state index in [9.17, 15) is 0 Å². The Bertz CT molecular complexity index is 513. The molecule has 2 aromatic rings. The summed E-state index contributed by atoms with van der Waals surface area (Å²) in [6, 6.07) is 0. The highest BCUT2D eigenvalue weighted by Gasteiger charge is 2.08. The van der Waals surface area contributed by atoms with Crippen LogP contribution in [0.25, 0.3) is 0 Å². The van der Waals surface area contributed by atoms with Gasteiger partial charge in [0.1, 0.15) is 5.02 Å². The molecular formula is C10H12ClN5O. The summed E-state index contributed by atoms with van der Waals surface area (Å²) >= 11 is 5.88. The number of ether oxygens (including phenoxy) is 1. The average Bonchev–Trinajstić information content (AvgIpc) is 2.72. The maximum atomic E-state index is 5.88. The Hall–Kier alpha value is -1.82. The van der Waals surface area contributed by atoms with Crippen LogP contribution in [0.4, 0.5) is 5.95 Å². The second kappa shape index (κ2) is 5.01. The largest absolute Gasteiger partial charge is 0.434 e. The first-order valence-corrected chi connectivity index (χ1v) is 5.55. The van der Waals surface area contributed by atoms with E-state index in [0.29, 0.717) is 10.8 Å². The standard InChI is InChI=1S/C10H12ClN5O/c1-2-3-16-6-7(4-14-16)17-9-8(11)5-13-10(12)15-9/h4-6H,2-3H2,1H3,(H2,12,13,15). The molecule has 0 spiro atoms. The number of nitrogen functional groups attached to an aromatic ring is 1. The lowest BCUT2D eigenvalue weighted by Crippen LogP contribution is -1.97. The van der Waals surface area contributed by atoms with Crippen LogP contribution in [-0.4, -0.2) is 19.7 Å². The van der Waals surface area contributed by atoms with Crippen LogP contribution in [-0.2, 0) is 6.54 Å². The molecule has 0 saturated carbocycles. The number of anilines is 1. The highest BCUT2D eigenvalue weighted by atomic mass is 35.5. The molecule has 2 aromatic heterocycles. The number of aryl methyl sites for hydroxylation is 1. The molecule has 0 amide bonds. The molecule has 0 bridgehead atoms. The topological polar surface area (TPSA) is 78.9 Å². The molecule has 0 aliphatic heterocycles. The van der Waals surface area contributed by atoms with Crippen molar-refractivity contribution >= 4 is 17.5 Å². The van der Waals surface area contributed by atoms with Crippen LogP contribution < -0.4 is 10.5 Å². The van der Waals surface area contributed by atoms with Gasteiger partial charge in [-0.15, -0.1) is 0 Å². The van der Waals surface area contributed by atoms with Gasteiger partial charge in [0.05, 0.1) is 18.6 Å². The Morgan fingerprint density at radius 1 is 1.47 bits per heavy atom. The van der Waals surface area contributed by atoms with Crippen molar-refractivity contribution in [3.8, 4) is 11.6 Å². The van der Waals surface area contributed by atoms with Crippen molar-refractivity contribution in [1.82, 2.24) is 19.7 Å². The van der Waals surface area contributed by atoms with Gasteiger partial charge in [-0.3, -0.25) is 4.68 Å². The van der Waals surface area contributed by atoms with E-state index in [1.807, 2.05) is 0 Å². The Labute approximate surface area is 103 Å². The summed E-state index contributed by atoms with van der Waals surface area (Å²) in [6.45, 7) is 2.91. The average molecular weight is 254 g/mol. The molecule has 2 heterocycles. The van der Waals surface area contributed by atoms with E-state index in [1.165, 1.54) is 6.20 Å². The number of nitrogens with zero attached hydrogens (tertiary/aromatic N) is 4. The number of aromatic nitrogens is 4. The van der Waals surface area contributed by atoms with Crippen LogP contribution in [0.15, 0.2) is 18.6 Å². The second-order valence-electron chi connectivity index (χ2n) is 3.42. The predicted molar refractivity (Wildman–Crippen MR) is 64.0 cm³/mol. The molecule has 0 atom stereocenters. The summed E-state index contributed by atoms with van der Waals surface area (Å²) < 4.78 is 7.26. The van der Waals surface area contributed by atoms with Gasteiger partial charge in [-0.05, 0) is 6.42 Å².